The Kier molecular flexibility index (Phi) is 5.62. The number of carboxylic acids is 1. The Labute approximate surface area is 129 Å². The van der Waals surface area contributed by atoms with Crippen molar-refractivity contribution in [2.75, 3.05) is 6.54 Å². The van der Waals surface area contributed by atoms with Crippen LogP contribution in [-0.4, -0.2) is 23.5 Å². The van der Waals surface area contributed by atoms with Gasteiger partial charge in [-0.15, -0.1) is 0 Å². The van der Waals surface area contributed by atoms with E-state index in [4.69, 9.17) is 11.6 Å². The molecule has 21 heavy (non-hydrogen) atoms. The van der Waals surface area contributed by atoms with Gasteiger partial charge in [-0.25, -0.2) is 0 Å². The zero-order valence-electron chi connectivity index (χ0n) is 11.8. The maximum Gasteiger partial charge on any atom is 0.307 e. The normalized spacial score (nSPS) is 21.8. The summed E-state index contributed by atoms with van der Waals surface area (Å²) in [5.74, 6) is -1.90. The summed E-state index contributed by atoms with van der Waals surface area (Å²) in [5, 5.41) is 12.7. The Morgan fingerprint density at radius 3 is 2.38 bits per heavy atom. The van der Waals surface area contributed by atoms with E-state index in [1.807, 2.05) is 24.3 Å². The van der Waals surface area contributed by atoms with E-state index >= 15 is 0 Å². The Bertz CT molecular complexity index is 501. The molecule has 1 saturated carbocycles. The largest absolute Gasteiger partial charge is 0.481 e. The van der Waals surface area contributed by atoms with E-state index in [0.29, 0.717) is 30.8 Å². The van der Waals surface area contributed by atoms with Crippen LogP contribution in [0, 0.1) is 11.8 Å². The molecule has 1 aliphatic rings. The van der Waals surface area contributed by atoms with Crippen molar-refractivity contribution in [3.05, 3.63) is 34.9 Å². The molecule has 0 bridgehead atoms. The lowest BCUT2D eigenvalue weighted by molar-refractivity contribution is -0.148. The van der Waals surface area contributed by atoms with Crippen molar-refractivity contribution in [3.8, 4) is 0 Å². The molecule has 0 unspecified atom stereocenters. The van der Waals surface area contributed by atoms with E-state index in [9.17, 15) is 14.7 Å². The first-order valence-electron chi connectivity index (χ1n) is 7.33. The second kappa shape index (κ2) is 7.46. The zero-order valence-corrected chi connectivity index (χ0v) is 12.6. The number of carboxylic acid groups (broad SMARTS) is 1. The summed E-state index contributed by atoms with van der Waals surface area (Å²) in [7, 11) is 0. The third-order valence-electron chi connectivity index (χ3n) is 4.05. The van der Waals surface area contributed by atoms with Crippen molar-refractivity contribution in [2.45, 2.75) is 32.1 Å². The number of hydrogen-bond donors (Lipinski definition) is 2. The Balaban J connectivity index is 1.83. The molecule has 0 heterocycles. The second-order valence-electron chi connectivity index (χ2n) is 5.50. The molecule has 114 valence electrons. The summed E-state index contributed by atoms with van der Waals surface area (Å²) in [6.45, 7) is 0.517. The monoisotopic (exact) mass is 309 g/mol. The molecular formula is C16H20ClNO3. The van der Waals surface area contributed by atoms with Crippen LogP contribution >= 0.6 is 11.6 Å². The van der Waals surface area contributed by atoms with Gasteiger partial charge in [0.25, 0.3) is 0 Å². The van der Waals surface area contributed by atoms with Crippen molar-refractivity contribution in [1.29, 1.82) is 0 Å². The molecule has 0 saturated heterocycles. The van der Waals surface area contributed by atoms with Gasteiger partial charge in [0.15, 0.2) is 0 Å². The minimum absolute atomic E-state index is 0.129. The van der Waals surface area contributed by atoms with Crippen LogP contribution in [0.25, 0.3) is 0 Å². The number of halogens is 1. The predicted molar refractivity (Wildman–Crippen MR) is 81.2 cm³/mol. The van der Waals surface area contributed by atoms with Gasteiger partial charge >= 0.3 is 5.97 Å². The predicted octanol–water partition coefficient (Wildman–Crippen LogP) is 2.89. The number of rotatable bonds is 5. The number of carbonyl (C=O) groups is 2. The summed E-state index contributed by atoms with van der Waals surface area (Å²) in [5.41, 5.74) is 1.10. The highest BCUT2D eigenvalue weighted by molar-refractivity contribution is 6.30. The fourth-order valence-electron chi connectivity index (χ4n) is 2.85. The van der Waals surface area contributed by atoms with Gasteiger partial charge in [-0.1, -0.05) is 36.6 Å². The van der Waals surface area contributed by atoms with Crippen molar-refractivity contribution >= 4 is 23.5 Å². The van der Waals surface area contributed by atoms with Crippen LogP contribution in [0.2, 0.25) is 5.02 Å². The summed E-state index contributed by atoms with van der Waals surface area (Å²) in [6.07, 6.45) is 3.81. The molecule has 1 aliphatic carbocycles. The van der Waals surface area contributed by atoms with Gasteiger partial charge in [0.1, 0.15) is 0 Å². The van der Waals surface area contributed by atoms with E-state index in [0.717, 1.165) is 18.4 Å². The average molecular weight is 310 g/mol. The molecule has 1 fully saturated rings. The topological polar surface area (TPSA) is 66.4 Å². The van der Waals surface area contributed by atoms with Gasteiger partial charge in [0.05, 0.1) is 11.8 Å². The molecule has 5 heteroatoms. The molecule has 4 nitrogen and oxygen atoms in total. The first kappa shape index (κ1) is 15.8. The van der Waals surface area contributed by atoms with Gasteiger partial charge < -0.3 is 10.4 Å². The molecule has 2 rings (SSSR count). The molecule has 0 radical (unpaired) electrons. The van der Waals surface area contributed by atoms with Crippen molar-refractivity contribution in [3.63, 3.8) is 0 Å². The van der Waals surface area contributed by atoms with Gasteiger partial charge in [0.2, 0.25) is 5.91 Å². The quantitative estimate of drug-likeness (QED) is 0.879. The maximum absolute atomic E-state index is 12.2. The molecule has 0 spiro atoms. The number of hydrogen-bond acceptors (Lipinski definition) is 2. The first-order valence-corrected chi connectivity index (χ1v) is 7.70. The minimum Gasteiger partial charge on any atom is -0.481 e. The van der Waals surface area contributed by atoms with Crippen LogP contribution in [0.3, 0.4) is 0 Å². The minimum atomic E-state index is -0.854. The molecule has 1 aromatic carbocycles. The molecular weight excluding hydrogens is 290 g/mol. The van der Waals surface area contributed by atoms with E-state index in [1.165, 1.54) is 0 Å². The molecule has 2 atom stereocenters. The highest BCUT2D eigenvalue weighted by Crippen LogP contribution is 2.30. The second-order valence-corrected chi connectivity index (χ2v) is 5.94. The molecule has 1 amide bonds. The van der Waals surface area contributed by atoms with Crippen LogP contribution in [0.4, 0.5) is 0 Å². The van der Waals surface area contributed by atoms with E-state index < -0.39 is 11.9 Å². The van der Waals surface area contributed by atoms with Crippen molar-refractivity contribution < 1.29 is 14.7 Å². The third kappa shape index (κ3) is 4.46. The summed E-state index contributed by atoms with van der Waals surface area (Å²) in [6, 6.07) is 7.49. The van der Waals surface area contributed by atoms with Gasteiger partial charge in [-0.05, 0) is 37.0 Å². The fourth-order valence-corrected chi connectivity index (χ4v) is 2.98. The van der Waals surface area contributed by atoms with Crippen molar-refractivity contribution in [1.82, 2.24) is 5.32 Å². The Hall–Kier alpha value is -1.55. The summed E-state index contributed by atoms with van der Waals surface area (Å²) in [4.78, 5) is 23.4. The van der Waals surface area contributed by atoms with Gasteiger partial charge in [0, 0.05) is 11.6 Å². The Morgan fingerprint density at radius 2 is 1.76 bits per heavy atom. The van der Waals surface area contributed by atoms with E-state index in [2.05, 4.69) is 5.32 Å². The SMILES string of the molecule is O=C(O)[C@H]1CCCC[C@H]1C(=O)NCCc1ccc(Cl)cc1. The number of carbonyl (C=O) groups excluding carboxylic acids is 1. The number of nitrogens with one attached hydrogen (secondary N) is 1. The standard InChI is InChI=1S/C16H20ClNO3/c17-12-7-5-11(6-8-12)9-10-18-15(19)13-3-1-2-4-14(13)16(20)21/h5-8,13-14H,1-4,9-10H2,(H,18,19)(H,20,21)/t13-,14+/m1/s1. The molecule has 1 aromatic rings. The third-order valence-corrected chi connectivity index (χ3v) is 4.30. The molecule has 0 aliphatic heterocycles. The lowest BCUT2D eigenvalue weighted by Gasteiger charge is -2.27. The van der Waals surface area contributed by atoms with Crippen LogP contribution in [0.1, 0.15) is 31.2 Å². The highest BCUT2D eigenvalue weighted by Gasteiger charge is 2.35. The van der Waals surface area contributed by atoms with Gasteiger partial charge in [-0.3, -0.25) is 9.59 Å². The number of benzene rings is 1. The van der Waals surface area contributed by atoms with Crippen LogP contribution < -0.4 is 5.32 Å². The fraction of sp³-hybridized carbons (Fsp3) is 0.500. The average Bonchev–Trinajstić information content (AvgIpc) is 2.49. The Morgan fingerprint density at radius 1 is 1.14 bits per heavy atom. The van der Waals surface area contributed by atoms with Crippen LogP contribution in [-0.2, 0) is 16.0 Å². The summed E-state index contributed by atoms with van der Waals surface area (Å²) >= 11 is 5.82. The van der Waals surface area contributed by atoms with E-state index in [-0.39, 0.29) is 11.8 Å². The molecule has 0 aromatic heterocycles. The lowest BCUT2D eigenvalue weighted by atomic mass is 9.78. The summed E-state index contributed by atoms with van der Waals surface area (Å²) < 4.78 is 0. The van der Waals surface area contributed by atoms with Crippen LogP contribution in [0.5, 0.6) is 0 Å². The van der Waals surface area contributed by atoms with Gasteiger partial charge in [-0.2, -0.15) is 0 Å². The smallest absolute Gasteiger partial charge is 0.307 e. The van der Waals surface area contributed by atoms with Crippen molar-refractivity contribution in [2.24, 2.45) is 11.8 Å². The first-order chi connectivity index (χ1) is 10.1. The van der Waals surface area contributed by atoms with Crippen LogP contribution in [0.15, 0.2) is 24.3 Å². The zero-order chi connectivity index (χ0) is 15.2. The maximum atomic E-state index is 12.2. The number of amides is 1. The van der Waals surface area contributed by atoms with E-state index in [1.54, 1.807) is 0 Å². The lowest BCUT2D eigenvalue weighted by Crippen LogP contribution is -2.40. The molecule has 2 N–H and O–H groups in total. The number of aliphatic carboxylic acids is 1. The highest BCUT2D eigenvalue weighted by atomic mass is 35.5.